The van der Waals surface area contributed by atoms with Gasteiger partial charge < -0.3 is 15.6 Å². The smallest absolute Gasteiger partial charge is 0.161 e. The summed E-state index contributed by atoms with van der Waals surface area (Å²) in [5.74, 6) is 1.11. The molecule has 0 spiro atoms. The Bertz CT molecular complexity index is 401. The Morgan fingerprint density at radius 3 is 2.56 bits per heavy atom. The largest absolute Gasteiger partial charge is 0.504 e. The van der Waals surface area contributed by atoms with Crippen LogP contribution in [0.25, 0.3) is 0 Å². The number of rotatable bonds is 3. The molecule has 3 nitrogen and oxygen atoms in total. The van der Waals surface area contributed by atoms with E-state index in [0.717, 1.165) is 5.56 Å². The molecule has 0 aromatic heterocycles. The summed E-state index contributed by atoms with van der Waals surface area (Å²) in [6.07, 6.45) is 0. The van der Waals surface area contributed by atoms with Gasteiger partial charge in [0.15, 0.2) is 11.5 Å². The molecule has 1 aromatic rings. The van der Waals surface area contributed by atoms with Gasteiger partial charge in [0.1, 0.15) is 0 Å². The lowest BCUT2D eigenvalue weighted by Gasteiger charge is -2.09. The van der Waals surface area contributed by atoms with E-state index in [1.165, 1.54) is 0 Å². The second-order valence-electron chi connectivity index (χ2n) is 4.98. The van der Waals surface area contributed by atoms with E-state index in [9.17, 15) is 5.11 Å². The normalized spacial score (nSPS) is 26.5. The molecule has 2 unspecified atom stereocenters. The number of benzene rings is 1. The van der Waals surface area contributed by atoms with Crippen LogP contribution in [0, 0.1) is 5.41 Å². The third kappa shape index (κ3) is 1.65. The van der Waals surface area contributed by atoms with Crippen LogP contribution in [0.15, 0.2) is 18.2 Å². The van der Waals surface area contributed by atoms with Crippen molar-refractivity contribution < 1.29 is 9.84 Å². The van der Waals surface area contributed by atoms with Crippen molar-refractivity contribution in [2.24, 2.45) is 11.1 Å². The molecular formula is C13H19NO2. The summed E-state index contributed by atoms with van der Waals surface area (Å²) < 4.78 is 5.37. The van der Waals surface area contributed by atoms with Crippen LogP contribution in [0.2, 0.25) is 0 Å². The molecule has 0 bridgehead atoms. The van der Waals surface area contributed by atoms with Crippen molar-refractivity contribution in [3.05, 3.63) is 23.8 Å². The van der Waals surface area contributed by atoms with Crippen molar-refractivity contribution in [1.29, 1.82) is 0 Å². The Kier molecular flexibility index (Phi) is 2.58. The number of hydrogen-bond acceptors (Lipinski definition) is 3. The van der Waals surface area contributed by atoms with Gasteiger partial charge in [0.05, 0.1) is 6.61 Å². The maximum atomic E-state index is 9.61. The molecule has 16 heavy (non-hydrogen) atoms. The highest BCUT2D eigenvalue weighted by Gasteiger charge is 2.56. The van der Waals surface area contributed by atoms with Crippen LogP contribution in [0.1, 0.15) is 32.3 Å². The molecule has 3 heteroatoms. The lowest BCUT2D eigenvalue weighted by atomic mass is 10.0. The number of phenols is 1. The molecule has 1 aliphatic carbocycles. The lowest BCUT2D eigenvalue weighted by molar-refractivity contribution is 0.317. The average molecular weight is 221 g/mol. The fourth-order valence-electron chi connectivity index (χ4n) is 2.31. The predicted octanol–water partition coefficient (Wildman–Crippen LogP) is 2.24. The number of aromatic hydroxyl groups is 1. The van der Waals surface area contributed by atoms with Crippen LogP contribution >= 0.6 is 0 Å². The topological polar surface area (TPSA) is 55.5 Å². The molecule has 1 aliphatic rings. The van der Waals surface area contributed by atoms with Crippen LogP contribution in [-0.2, 0) is 0 Å². The number of hydrogen-bond donors (Lipinski definition) is 2. The first-order valence-electron chi connectivity index (χ1n) is 5.69. The number of nitrogens with two attached hydrogens (primary N) is 1. The third-order valence-corrected chi connectivity index (χ3v) is 3.55. The second kappa shape index (κ2) is 3.67. The molecule has 2 rings (SSSR count). The Balaban J connectivity index is 2.27. The van der Waals surface area contributed by atoms with Gasteiger partial charge in [-0.25, -0.2) is 0 Å². The van der Waals surface area contributed by atoms with Crippen LogP contribution < -0.4 is 10.5 Å². The number of ether oxygens (including phenoxy) is 1. The molecule has 1 aromatic carbocycles. The fraction of sp³-hybridized carbons (Fsp3) is 0.538. The lowest BCUT2D eigenvalue weighted by Crippen LogP contribution is -2.06. The average Bonchev–Trinajstić information content (AvgIpc) is 2.71. The summed E-state index contributed by atoms with van der Waals surface area (Å²) in [6.45, 7) is 6.78. The van der Waals surface area contributed by atoms with E-state index in [-0.39, 0.29) is 17.2 Å². The Labute approximate surface area is 96.2 Å². The Morgan fingerprint density at radius 1 is 1.44 bits per heavy atom. The summed E-state index contributed by atoms with van der Waals surface area (Å²) in [5.41, 5.74) is 7.34. The van der Waals surface area contributed by atoms with Crippen LogP contribution in [-0.4, -0.2) is 17.8 Å². The fourth-order valence-corrected chi connectivity index (χ4v) is 2.31. The molecule has 0 radical (unpaired) electrons. The van der Waals surface area contributed by atoms with Gasteiger partial charge in [-0.3, -0.25) is 0 Å². The van der Waals surface area contributed by atoms with Gasteiger partial charge >= 0.3 is 0 Å². The van der Waals surface area contributed by atoms with Crippen molar-refractivity contribution >= 4 is 0 Å². The maximum absolute atomic E-state index is 9.61. The van der Waals surface area contributed by atoms with E-state index < -0.39 is 0 Å². The predicted molar refractivity (Wildman–Crippen MR) is 63.8 cm³/mol. The van der Waals surface area contributed by atoms with Gasteiger partial charge in [-0.15, -0.1) is 0 Å². The zero-order valence-electron chi connectivity index (χ0n) is 10.0. The van der Waals surface area contributed by atoms with Crippen molar-refractivity contribution in [1.82, 2.24) is 0 Å². The highest BCUT2D eigenvalue weighted by Crippen LogP contribution is 2.57. The summed E-state index contributed by atoms with van der Waals surface area (Å²) in [4.78, 5) is 0. The van der Waals surface area contributed by atoms with Gasteiger partial charge in [-0.2, -0.15) is 0 Å². The Morgan fingerprint density at radius 2 is 2.06 bits per heavy atom. The zero-order valence-corrected chi connectivity index (χ0v) is 10.0. The molecule has 3 N–H and O–H groups in total. The SMILES string of the molecule is CCOc1cc(C2C(N)C2(C)C)ccc1O. The van der Waals surface area contributed by atoms with E-state index in [2.05, 4.69) is 13.8 Å². The zero-order chi connectivity index (χ0) is 11.9. The first-order valence-corrected chi connectivity index (χ1v) is 5.69. The monoisotopic (exact) mass is 221 g/mol. The van der Waals surface area contributed by atoms with Gasteiger partial charge in [0.25, 0.3) is 0 Å². The van der Waals surface area contributed by atoms with E-state index in [1.54, 1.807) is 6.07 Å². The van der Waals surface area contributed by atoms with Gasteiger partial charge in [-0.1, -0.05) is 19.9 Å². The summed E-state index contributed by atoms with van der Waals surface area (Å²) in [7, 11) is 0. The molecule has 0 heterocycles. The quantitative estimate of drug-likeness (QED) is 0.823. The molecule has 1 saturated carbocycles. The maximum Gasteiger partial charge on any atom is 0.161 e. The minimum absolute atomic E-state index is 0.153. The van der Waals surface area contributed by atoms with E-state index in [0.29, 0.717) is 18.3 Å². The molecule has 88 valence electrons. The minimum atomic E-state index is 0.153. The van der Waals surface area contributed by atoms with Gasteiger partial charge in [-0.05, 0) is 30.0 Å². The van der Waals surface area contributed by atoms with Crippen LogP contribution in [0.4, 0.5) is 0 Å². The highest BCUT2D eigenvalue weighted by molar-refractivity contribution is 5.46. The highest BCUT2D eigenvalue weighted by atomic mass is 16.5. The summed E-state index contributed by atoms with van der Waals surface area (Å²) >= 11 is 0. The van der Waals surface area contributed by atoms with E-state index >= 15 is 0 Å². The summed E-state index contributed by atoms with van der Waals surface area (Å²) in [6, 6.07) is 5.71. The van der Waals surface area contributed by atoms with Crippen LogP contribution in [0.3, 0.4) is 0 Å². The molecule has 0 aliphatic heterocycles. The van der Waals surface area contributed by atoms with Gasteiger partial charge in [0.2, 0.25) is 0 Å². The van der Waals surface area contributed by atoms with Crippen LogP contribution in [0.5, 0.6) is 11.5 Å². The first-order chi connectivity index (χ1) is 7.48. The van der Waals surface area contributed by atoms with Crippen molar-refractivity contribution in [3.63, 3.8) is 0 Å². The van der Waals surface area contributed by atoms with Crippen molar-refractivity contribution in [2.45, 2.75) is 32.7 Å². The summed E-state index contributed by atoms with van der Waals surface area (Å²) in [5, 5.41) is 9.61. The minimum Gasteiger partial charge on any atom is -0.504 e. The Hall–Kier alpha value is -1.22. The standard InChI is InChI=1S/C13H19NO2/c1-4-16-10-7-8(5-6-9(10)15)11-12(14)13(11,2)3/h5-7,11-12,15H,4,14H2,1-3H3. The van der Waals surface area contributed by atoms with E-state index in [1.807, 2.05) is 19.1 Å². The van der Waals surface area contributed by atoms with Gasteiger partial charge in [0, 0.05) is 12.0 Å². The third-order valence-electron chi connectivity index (χ3n) is 3.55. The van der Waals surface area contributed by atoms with Crippen molar-refractivity contribution in [3.8, 4) is 11.5 Å². The number of phenolic OH excluding ortho intramolecular Hbond substituents is 1. The van der Waals surface area contributed by atoms with Crippen molar-refractivity contribution in [2.75, 3.05) is 6.61 Å². The molecule has 0 saturated heterocycles. The first kappa shape index (κ1) is 11.3. The second-order valence-corrected chi connectivity index (χ2v) is 4.98. The molecule has 0 amide bonds. The molecule has 2 atom stereocenters. The molecule has 1 fully saturated rings. The molecular weight excluding hydrogens is 202 g/mol. The van der Waals surface area contributed by atoms with E-state index in [4.69, 9.17) is 10.5 Å².